The number of hydrogen-bond donors (Lipinski definition) is 1. The number of ether oxygens (including phenoxy) is 1. The molecule has 8 nitrogen and oxygen atoms in total. The molecule has 2 aliphatic heterocycles. The molecule has 31 heavy (non-hydrogen) atoms. The first-order valence-corrected chi connectivity index (χ1v) is 12.8. The van der Waals surface area contributed by atoms with Crippen LogP contribution in [-0.4, -0.2) is 78.2 Å². The van der Waals surface area contributed by atoms with Gasteiger partial charge in [0.2, 0.25) is 5.95 Å². The van der Waals surface area contributed by atoms with Crippen LogP contribution in [0.15, 0.2) is 11.4 Å². The molecule has 0 atom stereocenters. The number of morpholine rings is 1. The second kappa shape index (κ2) is 11.8. The number of hydrogen-bond acceptors (Lipinski definition) is 9. The molecule has 2 aromatic rings. The van der Waals surface area contributed by atoms with Gasteiger partial charge in [0.1, 0.15) is 22.4 Å². The number of piperazine rings is 1. The number of aromatic nitrogens is 4. The van der Waals surface area contributed by atoms with Crippen molar-refractivity contribution < 1.29 is 4.74 Å². The lowest BCUT2D eigenvalue weighted by Crippen LogP contribution is -2.44. The van der Waals surface area contributed by atoms with Gasteiger partial charge in [-0.25, -0.2) is 15.0 Å². The molecule has 9 heteroatoms. The molecule has 2 fully saturated rings. The van der Waals surface area contributed by atoms with Gasteiger partial charge in [-0.05, 0) is 12.2 Å². The van der Waals surface area contributed by atoms with Gasteiger partial charge in [-0.15, -0.1) is 11.8 Å². The molecule has 0 bridgehead atoms. The van der Waals surface area contributed by atoms with Crippen LogP contribution in [0, 0.1) is 0 Å². The Bertz CT molecular complexity index is 825. The Morgan fingerprint density at radius 3 is 2.48 bits per heavy atom. The molecule has 0 amide bonds. The van der Waals surface area contributed by atoms with E-state index in [4.69, 9.17) is 14.7 Å². The van der Waals surface area contributed by atoms with E-state index in [1.54, 1.807) is 6.33 Å². The van der Waals surface area contributed by atoms with Crippen LogP contribution in [-0.2, 0) is 4.74 Å². The van der Waals surface area contributed by atoms with Crippen molar-refractivity contribution in [1.29, 1.82) is 0 Å². The van der Waals surface area contributed by atoms with Crippen LogP contribution >= 0.6 is 11.8 Å². The van der Waals surface area contributed by atoms with Gasteiger partial charge in [0.15, 0.2) is 5.82 Å². The fourth-order valence-corrected chi connectivity index (χ4v) is 5.00. The Hall–Kier alpha value is -1.71. The van der Waals surface area contributed by atoms with Gasteiger partial charge in [0.05, 0.1) is 13.2 Å². The number of fused-ring (bicyclic) bond motifs is 1. The largest absolute Gasteiger partial charge is 0.378 e. The van der Waals surface area contributed by atoms with E-state index < -0.39 is 0 Å². The summed E-state index contributed by atoms with van der Waals surface area (Å²) in [7, 11) is 0. The molecule has 0 radical (unpaired) electrons. The first-order valence-electron chi connectivity index (χ1n) is 11.8. The van der Waals surface area contributed by atoms with Crippen LogP contribution < -0.4 is 15.1 Å². The molecule has 0 saturated carbocycles. The summed E-state index contributed by atoms with van der Waals surface area (Å²) in [4.78, 5) is 23.8. The van der Waals surface area contributed by atoms with Gasteiger partial charge in [0.25, 0.3) is 0 Å². The molecule has 0 spiro atoms. The zero-order chi connectivity index (χ0) is 21.3. The standard InChI is InChI=1S/C22H35N7OS/c1-2-3-4-5-6-7-16-31-21-19-18(24-17-25-21)20(28-12-14-30-15-13-28)27-22(26-19)29-10-8-23-9-11-29/h17,23H,2-16H2,1H3. The third kappa shape index (κ3) is 5.96. The Morgan fingerprint density at radius 2 is 1.68 bits per heavy atom. The van der Waals surface area contributed by atoms with Crippen molar-refractivity contribution in [1.82, 2.24) is 25.3 Å². The maximum Gasteiger partial charge on any atom is 0.228 e. The first-order chi connectivity index (χ1) is 15.4. The maximum atomic E-state index is 5.56. The van der Waals surface area contributed by atoms with Crippen LogP contribution in [0.4, 0.5) is 11.8 Å². The van der Waals surface area contributed by atoms with E-state index >= 15 is 0 Å². The van der Waals surface area contributed by atoms with Crippen molar-refractivity contribution in [2.45, 2.75) is 50.5 Å². The number of unbranched alkanes of at least 4 members (excludes halogenated alkanes) is 5. The minimum Gasteiger partial charge on any atom is -0.378 e. The lowest BCUT2D eigenvalue weighted by molar-refractivity contribution is 0.122. The lowest BCUT2D eigenvalue weighted by Gasteiger charge is -2.31. The van der Waals surface area contributed by atoms with Crippen molar-refractivity contribution in [3.05, 3.63) is 6.33 Å². The summed E-state index contributed by atoms with van der Waals surface area (Å²) in [6.07, 6.45) is 9.49. The second-order valence-corrected chi connectivity index (χ2v) is 9.26. The van der Waals surface area contributed by atoms with Gasteiger partial charge >= 0.3 is 0 Å². The number of anilines is 2. The van der Waals surface area contributed by atoms with Crippen LogP contribution in [0.2, 0.25) is 0 Å². The smallest absolute Gasteiger partial charge is 0.228 e. The lowest BCUT2D eigenvalue weighted by atomic mass is 10.1. The molecule has 170 valence electrons. The predicted molar refractivity (Wildman–Crippen MR) is 127 cm³/mol. The van der Waals surface area contributed by atoms with Gasteiger partial charge in [-0.3, -0.25) is 0 Å². The molecule has 2 saturated heterocycles. The van der Waals surface area contributed by atoms with Gasteiger partial charge in [0, 0.05) is 39.3 Å². The Morgan fingerprint density at radius 1 is 0.903 bits per heavy atom. The zero-order valence-corrected chi connectivity index (χ0v) is 19.5. The van der Waals surface area contributed by atoms with Gasteiger partial charge in [-0.1, -0.05) is 39.0 Å². The quantitative estimate of drug-likeness (QED) is 0.337. The van der Waals surface area contributed by atoms with E-state index in [-0.39, 0.29) is 0 Å². The van der Waals surface area contributed by atoms with Gasteiger partial charge < -0.3 is 19.9 Å². The van der Waals surface area contributed by atoms with E-state index in [1.165, 1.54) is 38.5 Å². The summed E-state index contributed by atoms with van der Waals surface area (Å²) in [6, 6.07) is 0. The van der Waals surface area contributed by atoms with Crippen molar-refractivity contribution in [2.75, 3.05) is 68.0 Å². The van der Waals surface area contributed by atoms with Crippen molar-refractivity contribution in [2.24, 2.45) is 0 Å². The molecule has 0 aromatic carbocycles. The SMILES string of the molecule is CCCCCCCCSc1ncnc2c(N3CCOCC3)nc(N3CCNCC3)nc12. The fraction of sp³-hybridized carbons (Fsp3) is 0.727. The van der Waals surface area contributed by atoms with Crippen molar-refractivity contribution >= 4 is 34.6 Å². The minimum absolute atomic E-state index is 0.721. The fourth-order valence-electron chi connectivity index (χ4n) is 4.06. The molecular formula is C22H35N7OS. The molecule has 0 unspecified atom stereocenters. The highest BCUT2D eigenvalue weighted by Crippen LogP contribution is 2.31. The Labute approximate surface area is 189 Å². The minimum atomic E-state index is 0.721. The molecule has 1 N–H and O–H groups in total. The number of rotatable bonds is 10. The second-order valence-electron chi connectivity index (χ2n) is 8.18. The summed E-state index contributed by atoms with van der Waals surface area (Å²) in [6.45, 7) is 9.12. The predicted octanol–water partition coefficient (Wildman–Crippen LogP) is 3.12. The third-order valence-corrected chi connectivity index (χ3v) is 6.93. The highest BCUT2D eigenvalue weighted by atomic mass is 32.2. The van der Waals surface area contributed by atoms with Crippen LogP contribution in [0.3, 0.4) is 0 Å². The van der Waals surface area contributed by atoms with E-state index in [9.17, 15) is 0 Å². The topological polar surface area (TPSA) is 79.3 Å². The molecule has 2 aromatic heterocycles. The highest BCUT2D eigenvalue weighted by molar-refractivity contribution is 7.99. The summed E-state index contributed by atoms with van der Waals surface area (Å²) in [5.41, 5.74) is 1.75. The average molecular weight is 446 g/mol. The number of thioether (sulfide) groups is 1. The maximum absolute atomic E-state index is 5.56. The average Bonchev–Trinajstić information content (AvgIpc) is 2.84. The Kier molecular flexibility index (Phi) is 8.54. The third-order valence-electron chi connectivity index (χ3n) is 5.87. The first kappa shape index (κ1) is 22.5. The molecule has 4 heterocycles. The van der Waals surface area contributed by atoms with Gasteiger partial charge in [-0.2, -0.15) is 4.98 Å². The van der Waals surface area contributed by atoms with Crippen LogP contribution in [0.1, 0.15) is 45.4 Å². The zero-order valence-electron chi connectivity index (χ0n) is 18.7. The molecular weight excluding hydrogens is 410 g/mol. The summed E-state index contributed by atoms with van der Waals surface area (Å²) < 4.78 is 5.56. The monoisotopic (exact) mass is 445 g/mol. The molecule has 4 rings (SSSR count). The summed E-state index contributed by atoms with van der Waals surface area (Å²) in [5.74, 6) is 2.79. The molecule has 2 aliphatic rings. The summed E-state index contributed by atoms with van der Waals surface area (Å²) in [5, 5.41) is 4.39. The van der Waals surface area contributed by atoms with Crippen molar-refractivity contribution in [3.63, 3.8) is 0 Å². The number of nitrogens with one attached hydrogen (secondary N) is 1. The highest BCUT2D eigenvalue weighted by Gasteiger charge is 2.23. The van der Waals surface area contributed by atoms with E-state index in [1.807, 2.05) is 11.8 Å². The normalized spacial score (nSPS) is 17.5. The van der Waals surface area contributed by atoms with E-state index in [0.717, 1.165) is 86.1 Å². The number of nitrogens with zero attached hydrogens (tertiary/aromatic N) is 6. The van der Waals surface area contributed by atoms with Crippen molar-refractivity contribution in [3.8, 4) is 0 Å². The van der Waals surface area contributed by atoms with E-state index in [2.05, 4.69) is 32.0 Å². The summed E-state index contributed by atoms with van der Waals surface area (Å²) >= 11 is 1.81. The van der Waals surface area contributed by atoms with Crippen LogP contribution in [0.5, 0.6) is 0 Å². The van der Waals surface area contributed by atoms with Crippen LogP contribution in [0.25, 0.3) is 11.0 Å². The van der Waals surface area contributed by atoms with E-state index in [0.29, 0.717) is 0 Å². The Balaban J connectivity index is 1.56. The molecule has 0 aliphatic carbocycles.